The minimum Gasteiger partial charge on any atom is -0.364 e. The van der Waals surface area contributed by atoms with E-state index in [-0.39, 0.29) is 5.91 Å². The molecule has 16 heavy (non-hydrogen) atoms. The van der Waals surface area contributed by atoms with Crippen LogP contribution < -0.4 is 16.2 Å². The first kappa shape index (κ1) is 12.9. The van der Waals surface area contributed by atoms with E-state index >= 15 is 0 Å². The molecule has 4 nitrogen and oxygen atoms in total. The standard InChI is InChI=1S/C10H15N3OS2/c1-3-4-8-5-7(6-16-8)9(14)12-13-10(15)11-2/h5-6H,3-4H2,1-2H3,(H,12,14)(H2,11,13,15). The summed E-state index contributed by atoms with van der Waals surface area (Å²) < 4.78 is 0. The molecule has 0 saturated heterocycles. The van der Waals surface area contributed by atoms with Crippen molar-refractivity contribution >= 4 is 34.6 Å². The van der Waals surface area contributed by atoms with Gasteiger partial charge in [-0.3, -0.25) is 15.6 Å². The van der Waals surface area contributed by atoms with Crippen molar-refractivity contribution in [2.75, 3.05) is 7.05 Å². The van der Waals surface area contributed by atoms with Gasteiger partial charge in [0.15, 0.2) is 5.11 Å². The fourth-order valence-electron chi connectivity index (χ4n) is 1.13. The highest BCUT2D eigenvalue weighted by atomic mass is 32.1. The molecular weight excluding hydrogens is 242 g/mol. The molecule has 0 fully saturated rings. The van der Waals surface area contributed by atoms with Crippen LogP contribution in [0.3, 0.4) is 0 Å². The highest BCUT2D eigenvalue weighted by Crippen LogP contribution is 2.15. The van der Waals surface area contributed by atoms with E-state index in [0.717, 1.165) is 12.8 Å². The number of carbonyl (C=O) groups is 1. The lowest BCUT2D eigenvalue weighted by Gasteiger charge is -2.07. The lowest BCUT2D eigenvalue weighted by molar-refractivity contribution is 0.0944. The summed E-state index contributed by atoms with van der Waals surface area (Å²) in [6, 6.07) is 1.91. The molecule has 0 bridgehead atoms. The van der Waals surface area contributed by atoms with Crippen molar-refractivity contribution in [1.29, 1.82) is 0 Å². The SMILES string of the molecule is CCCc1cc(C(=O)NNC(=S)NC)cs1. The van der Waals surface area contributed by atoms with Gasteiger partial charge in [-0.25, -0.2) is 0 Å². The maximum atomic E-state index is 11.6. The van der Waals surface area contributed by atoms with Gasteiger partial charge in [0.05, 0.1) is 5.56 Å². The average molecular weight is 257 g/mol. The minimum atomic E-state index is -0.170. The zero-order valence-electron chi connectivity index (χ0n) is 9.29. The van der Waals surface area contributed by atoms with Crippen LogP contribution in [0.15, 0.2) is 11.4 Å². The number of hydrazine groups is 1. The number of rotatable bonds is 3. The summed E-state index contributed by atoms with van der Waals surface area (Å²) >= 11 is 6.44. The fraction of sp³-hybridized carbons (Fsp3) is 0.400. The molecule has 0 radical (unpaired) electrons. The molecular formula is C10H15N3OS2. The van der Waals surface area contributed by atoms with Gasteiger partial charge in [0.25, 0.3) is 5.91 Å². The Hall–Kier alpha value is -1.14. The summed E-state index contributed by atoms with van der Waals surface area (Å²) in [5.41, 5.74) is 5.78. The first-order chi connectivity index (χ1) is 7.67. The Labute approximate surface area is 104 Å². The Morgan fingerprint density at radius 3 is 2.88 bits per heavy atom. The molecule has 0 aliphatic carbocycles. The Morgan fingerprint density at radius 2 is 2.25 bits per heavy atom. The van der Waals surface area contributed by atoms with Gasteiger partial charge in [0.2, 0.25) is 0 Å². The highest BCUT2D eigenvalue weighted by molar-refractivity contribution is 7.80. The van der Waals surface area contributed by atoms with Crippen LogP contribution in [0.4, 0.5) is 0 Å². The Bertz CT molecular complexity index is 376. The van der Waals surface area contributed by atoms with Gasteiger partial charge in [0, 0.05) is 17.3 Å². The average Bonchev–Trinajstić information content (AvgIpc) is 2.74. The van der Waals surface area contributed by atoms with Crippen LogP contribution in [0.25, 0.3) is 0 Å². The third-order valence-corrected chi connectivity index (χ3v) is 3.23. The van der Waals surface area contributed by atoms with E-state index in [4.69, 9.17) is 12.2 Å². The quantitative estimate of drug-likeness (QED) is 0.566. The molecule has 1 rings (SSSR count). The molecule has 1 heterocycles. The fourth-order valence-corrected chi connectivity index (χ4v) is 2.15. The first-order valence-electron chi connectivity index (χ1n) is 5.02. The van der Waals surface area contributed by atoms with E-state index in [9.17, 15) is 4.79 Å². The van der Waals surface area contributed by atoms with Crippen molar-refractivity contribution < 1.29 is 4.79 Å². The molecule has 88 valence electrons. The van der Waals surface area contributed by atoms with Gasteiger partial charge in [-0.2, -0.15) is 0 Å². The van der Waals surface area contributed by atoms with Crippen LogP contribution >= 0.6 is 23.6 Å². The summed E-state index contributed by atoms with van der Waals surface area (Å²) in [4.78, 5) is 12.9. The second-order valence-electron chi connectivity index (χ2n) is 3.21. The Morgan fingerprint density at radius 1 is 1.50 bits per heavy atom. The molecule has 0 aromatic carbocycles. The number of nitrogens with one attached hydrogen (secondary N) is 3. The molecule has 1 amide bonds. The normalized spacial score (nSPS) is 9.62. The lowest BCUT2D eigenvalue weighted by atomic mass is 10.2. The number of amides is 1. The first-order valence-corrected chi connectivity index (χ1v) is 6.31. The van der Waals surface area contributed by atoms with Gasteiger partial charge < -0.3 is 5.32 Å². The summed E-state index contributed by atoms with van der Waals surface area (Å²) in [5.74, 6) is -0.170. The van der Waals surface area contributed by atoms with Gasteiger partial charge in [-0.05, 0) is 24.7 Å². The van der Waals surface area contributed by atoms with Crippen molar-refractivity contribution in [3.63, 3.8) is 0 Å². The predicted molar refractivity (Wildman–Crippen MR) is 70.6 cm³/mol. The van der Waals surface area contributed by atoms with Crippen molar-refractivity contribution in [2.45, 2.75) is 19.8 Å². The van der Waals surface area contributed by atoms with E-state index in [1.807, 2.05) is 11.4 Å². The number of aryl methyl sites for hydroxylation is 1. The zero-order valence-corrected chi connectivity index (χ0v) is 10.9. The third-order valence-electron chi connectivity index (χ3n) is 1.93. The van der Waals surface area contributed by atoms with Gasteiger partial charge in [-0.15, -0.1) is 11.3 Å². The van der Waals surface area contributed by atoms with Crippen LogP contribution in [0.1, 0.15) is 28.6 Å². The number of thiophene rings is 1. The monoisotopic (exact) mass is 257 g/mol. The second kappa shape index (κ2) is 6.44. The van der Waals surface area contributed by atoms with E-state index < -0.39 is 0 Å². The van der Waals surface area contributed by atoms with Crippen molar-refractivity contribution in [1.82, 2.24) is 16.2 Å². The van der Waals surface area contributed by atoms with E-state index in [0.29, 0.717) is 10.7 Å². The molecule has 6 heteroatoms. The van der Waals surface area contributed by atoms with Crippen LogP contribution in [-0.4, -0.2) is 18.1 Å². The third kappa shape index (κ3) is 3.79. The number of thiocarbonyl (C=S) groups is 1. The topological polar surface area (TPSA) is 53.2 Å². The van der Waals surface area contributed by atoms with Gasteiger partial charge in [0.1, 0.15) is 0 Å². The van der Waals surface area contributed by atoms with Crippen LogP contribution in [0, 0.1) is 0 Å². The summed E-state index contributed by atoms with van der Waals surface area (Å²) in [7, 11) is 1.69. The van der Waals surface area contributed by atoms with Crippen molar-refractivity contribution in [3.8, 4) is 0 Å². The Balaban J connectivity index is 2.49. The zero-order chi connectivity index (χ0) is 12.0. The molecule has 1 aromatic rings. The molecule has 0 atom stereocenters. The minimum absolute atomic E-state index is 0.170. The van der Waals surface area contributed by atoms with Crippen LogP contribution in [0.5, 0.6) is 0 Å². The van der Waals surface area contributed by atoms with Crippen molar-refractivity contribution in [2.24, 2.45) is 0 Å². The molecule has 0 aliphatic heterocycles. The number of hydrogen-bond donors (Lipinski definition) is 3. The highest BCUT2D eigenvalue weighted by Gasteiger charge is 2.07. The summed E-state index contributed by atoms with van der Waals surface area (Å²) in [6.45, 7) is 2.12. The lowest BCUT2D eigenvalue weighted by Crippen LogP contribution is -2.45. The predicted octanol–water partition coefficient (Wildman–Crippen LogP) is 1.44. The van der Waals surface area contributed by atoms with E-state index in [1.165, 1.54) is 4.88 Å². The molecule has 0 aliphatic rings. The van der Waals surface area contributed by atoms with Gasteiger partial charge >= 0.3 is 0 Å². The molecule has 0 saturated carbocycles. The Kier molecular flexibility index (Phi) is 5.21. The smallest absolute Gasteiger partial charge is 0.270 e. The maximum Gasteiger partial charge on any atom is 0.270 e. The summed E-state index contributed by atoms with van der Waals surface area (Å²) in [6.07, 6.45) is 2.10. The molecule has 1 aromatic heterocycles. The van der Waals surface area contributed by atoms with Crippen molar-refractivity contribution in [3.05, 3.63) is 21.9 Å². The van der Waals surface area contributed by atoms with E-state index in [2.05, 4.69) is 23.1 Å². The summed E-state index contributed by atoms with van der Waals surface area (Å²) in [5, 5.41) is 4.94. The molecule has 0 spiro atoms. The number of hydrogen-bond acceptors (Lipinski definition) is 3. The van der Waals surface area contributed by atoms with Crippen LogP contribution in [-0.2, 0) is 6.42 Å². The maximum absolute atomic E-state index is 11.6. The largest absolute Gasteiger partial charge is 0.364 e. The van der Waals surface area contributed by atoms with Gasteiger partial charge in [-0.1, -0.05) is 13.3 Å². The second-order valence-corrected chi connectivity index (χ2v) is 4.61. The number of carbonyl (C=O) groups excluding carboxylic acids is 1. The molecule has 0 unspecified atom stereocenters. The van der Waals surface area contributed by atoms with E-state index in [1.54, 1.807) is 18.4 Å². The molecule has 3 N–H and O–H groups in total. The van der Waals surface area contributed by atoms with Crippen LogP contribution in [0.2, 0.25) is 0 Å².